The van der Waals surface area contributed by atoms with Gasteiger partial charge in [0.05, 0.1) is 5.69 Å². The molecule has 3 rings (SSSR count). The highest BCUT2D eigenvalue weighted by molar-refractivity contribution is 6.30. The Balaban J connectivity index is 1.93. The highest BCUT2D eigenvalue weighted by Gasteiger charge is 2.13. The van der Waals surface area contributed by atoms with Crippen LogP contribution in [-0.4, -0.2) is 20.0 Å². The number of phenolic OH excluding ortho intramolecular Hbond substituents is 2. The van der Waals surface area contributed by atoms with E-state index in [1.807, 2.05) is 0 Å². The first-order valence-electron chi connectivity index (χ1n) is 6.08. The number of hydrogen-bond donors (Lipinski definition) is 2. The van der Waals surface area contributed by atoms with E-state index in [9.17, 15) is 15.0 Å². The Morgan fingerprint density at radius 3 is 2.36 bits per heavy atom. The predicted molar refractivity (Wildman–Crippen MR) is 77.0 cm³/mol. The lowest BCUT2D eigenvalue weighted by molar-refractivity contribution is 0.320. The Morgan fingerprint density at radius 1 is 1.09 bits per heavy atom. The van der Waals surface area contributed by atoms with Crippen LogP contribution >= 0.6 is 11.6 Å². The van der Waals surface area contributed by atoms with Crippen LogP contribution in [-0.2, 0) is 0 Å². The van der Waals surface area contributed by atoms with Crippen LogP contribution < -0.4 is 10.5 Å². The number of nitrogens with zero attached hydrogens (tertiary/aromatic N) is 2. The van der Waals surface area contributed by atoms with Crippen molar-refractivity contribution < 1.29 is 19.4 Å². The summed E-state index contributed by atoms with van der Waals surface area (Å²) >= 11 is 5.76. The molecule has 0 saturated heterocycles. The predicted octanol–water partition coefficient (Wildman–Crippen LogP) is 2.68. The molecule has 0 aliphatic heterocycles. The molecule has 0 aliphatic carbocycles. The Kier molecular flexibility index (Phi) is 3.48. The van der Waals surface area contributed by atoms with Gasteiger partial charge in [0.1, 0.15) is 17.2 Å². The number of rotatable bonds is 3. The van der Waals surface area contributed by atoms with Crippen LogP contribution in [0.4, 0.5) is 0 Å². The number of halogens is 1. The molecule has 0 saturated carbocycles. The first kappa shape index (κ1) is 14.0. The summed E-state index contributed by atoms with van der Waals surface area (Å²) < 4.78 is 11.0. The molecule has 2 N–H and O–H groups in total. The molecule has 7 nitrogen and oxygen atoms in total. The third-order valence-electron chi connectivity index (χ3n) is 2.68. The van der Waals surface area contributed by atoms with Gasteiger partial charge in [-0.05, 0) is 24.3 Å². The fourth-order valence-electron chi connectivity index (χ4n) is 1.77. The van der Waals surface area contributed by atoms with E-state index in [2.05, 4.69) is 5.10 Å². The maximum Gasteiger partial charge on any atom is 0.444 e. The standard InChI is InChI=1S/C14H9ClN2O5/c15-8-1-3-12(4-2-8)21-13-16-17(14(20)22-13)9-5-10(18)7-11(19)6-9/h1-7,18-19H. The van der Waals surface area contributed by atoms with E-state index in [0.29, 0.717) is 10.8 Å². The molecule has 2 aromatic carbocycles. The van der Waals surface area contributed by atoms with Crippen LogP contribution in [0, 0.1) is 0 Å². The van der Waals surface area contributed by atoms with Gasteiger partial charge in [-0.3, -0.25) is 0 Å². The maximum absolute atomic E-state index is 11.8. The van der Waals surface area contributed by atoms with Gasteiger partial charge in [-0.2, -0.15) is 4.68 Å². The Labute approximate surface area is 128 Å². The Morgan fingerprint density at radius 2 is 1.73 bits per heavy atom. The van der Waals surface area contributed by atoms with Crippen molar-refractivity contribution in [3.63, 3.8) is 0 Å². The zero-order valence-electron chi connectivity index (χ0n) is 10.9. The molecule has 8 heteroatoms. The second-order valence-electron chi connectivity index (χ2n) is 4.31. The van der Waals surface area contributed by atoms with E-state index in [1.165, 1.54) is 12.1 Å². The lowest BCUT2D eigenvalue weighted by atomic mass is 10.3. The summed E-state index contributed by atoms with van der Waals surface area (Å²) in [5, 5.41) is 23.2. The van der Waals surface area contributed by atoms with Gasteiger partial charge >= 0.3 is 11.8 Å². The fraction of sp³-hybridized carbons (Fsp3) is 0. The minimum Gasteiger partial charge on any atom is -0.508 e. The molecule has 22 heavy (non-hydrogen) atoms. The molecule has 1 aromatic heterocycles. The first-order chi connectivity index (χ1) is 10.5. The zero-order chi connectivity index (χ0) is 15.7. The van der Waals surface area contributed by atoms with Crippen molar-refractivity contribution in [1.82, 2.24) is 9.78 Å². The van der Waals surface area contributed by atoms with Crippen LogP contribution in [0.5, 0.6) is 23.3 Å². The molecule has 0 bridgehead atoms. The lowest BCUT2D eigenvalue weighted by Crippen LogP contribution is -2.13. The molecular formula is C14H9ClN2O5. The summed E-state index contributed by atoms with van der Waals surface area (Å²) in [7, 11) is 0. The molecule has 1 heterocycles. The normalized spacial score (nSPS) is 10.6. The smallest absolute Gasteiger partial charge is 0.444 e. The van der Waals surface area contributed by atoms with Gasteiger partial charge in [-0.15, -0.1) is 0 Å². The van der Waals surface area contributed by atoms with Gasteiger partial charge in [0.15, 0.2) is 0 Å². The van der Waals surface area contributed by atoms with Gasteiger partial charge < -0.3 is 19.4 Å². The number of aromatic nitrogens is 2. The summed E-state index contributed by atoms with van der Waals surface area (Å²) in [5.41, 5.74) is 0.136. The molecular weight excluding hydrogens is 312 g/mol. The number of phenols is 2. The summed E-state index contributed by atoms with van der Waals surface area (Å²) in [6, 6.07) is 10.0. The van der Waals surface area contributed by atoms with Crippen molar-refractivity contribution in [2.75, 3.05) is 0 Å². The largest absolute Gasteiger partial charge is 0.508 e. The van der Waals surface area contributed by atoms with Crippen molar-refractivity contribution in [2.45, 2.75) is 0 Å². The third kappa shape index (κ3) is 2.89. The summed E-state index contributed by atoms with van der Waals surface area (Å²) in [5.74, 6) is -0.874. The average molecular weight is 321 g/mol. The number of ether oxygens (including phenoxy) is 1. The average Bonchev–Trinajstić information content (AvgIpc) is 2.81. The highest BCUT2D eigenvalue weighted by Crippen LogP contribution is 2.24. The van der Waals surface area contributed by atoms with Crippen LogP contribution in [0.3, 0.4) is 0 Å². The van der Waals surface area contributed by atoms with E-state index < -0.39 is 5.76 Å². The first-order valence-corrected chi connectivity index (χ1v) is 6.46. The lowest BCUT2D eigenvalue weighted by Gasteiger charge is -2.01. The fourth-order valence-corrected chi connectivity index (χ4v) is 1.90. The Hall–Kier alpha value is -2.93. The molecule has 0 aliphatic rings. The Bertz CT molecular complexity index is 849. The SMILES string of the molecule is O=c1oc(Oc2ccc(Cl)cc2)nn1-c1cc(O)cc(O)c1. The van der Waals surface area contributed by atoms with Crippen LogP contribution in [0.25, 0.3) is 5.69 Å². The van der Waals surface area contributed by atoms with Crippen LogP contribution in [0.1, 0.15) is 0 Å². The summed E-state index contributed by atoms with van der Waals surface area (Å²) in [6.45, 7) is 0. The molecule has 3 aromatic rings. The van der Waals surface area contributed by atoms with Crippen LogP contribution in [0.15, 0.2) is 51.7 Å². The molecule has 0 fully saturated rings. The van der Waals surface area contributed by atoms with Gasteiger partial charge in [0.2, 0.25) is 0 Å². The highest BCUT2D eigenvalue weighted by atomic mass is 35.5. The van der Waals surface area contributed by atoms with E-state index >= 15 is 0 Å². The molecule has 0 spiro atoms. The quantitative estimate of drug-likeness (QED) is 0.770. The van der Waals surface area contributed by atoms with E-state index in [1.54, 1.807) is 24.3 Å². The zero-order valence-corrected chi connectivity index (χ0v) is 11.7. The van der Waals surface area contributed by atoms with Crippen molar-refractivity contribution in [3.05, 3.63) is 58.0 Å². The molecule has 112 valence electrons. The number of benzene rings is 2. The topological polar surface area (TPSA) is 97.7 Å². The second-order valence-corrected chi connectivity index (χ2v) is 4.75. The van der Waals surface area contributed by atoms with Crippen molar-refractivity contribution in [1.29, 1.82) is 0 Å². The summed E-state index contributed by atoms with van der Waals surface area (Å²) in [4.78, 5) is 11.8. The maximum atomic E-state index is 11.8. The van der Waals surface area contributed by atoms with E-state index in [-0.39, 0.29) is 23.3 Å². The third-order valence-corrected chi connectivity index (χ3v) is 2.93. The summed E-state index contributed by atoms with van der Waals surface area (Å²) in [6.07, 6.45) is -0.282. The molecule has 0 amide bonds. The minimum absolute atomic E-state index is 0.136. The van der Waals surface area contributed by atoms with Crippen molar-refractivity contribution in [3.8, 4) is 29.0 Å². The van der Waals surface area contributed by atoms with Crippen molar-refractivity contribution in [2.24, 2.45) is 0 Å². The molecule has 0 atom stereocenters. The number of hydrogen-bond acceptors (Lipinski definition) is 6. The minimum atomic E-state index is -0.825. The van der Waals surface area contributed by atoms with E-state index in [4.69, 9.17) is 20.8 Å². The van der Waals surface area contributed by atoms with Crippen LogP contribution in [0.2, 0.25) is 5.02 Å². The van der Waals surface area contributed by atoms with E-state index in [0.717, 1.165) is 10.7 Å². The van der Waals surface area contributed by atoms with Crippen molar-refractivity contribution >= 4 is 11.6 Å². The number of aromatic hydroxyl groups is 2. The van der Waals surface area contributed by atoms with Gasteiger partial charge in [-0.25, -0.2) is 4.79 Å². The molecule has 0 unspecified atom stereocenters. The second kappa shape index (κ2) is 5.45. The van der Waals surface area contributed by atoms with Gasteiger partial charge in [-0.1, -0.05) is 16.7 Å². The monoisotopic (exact) mass is 320 g/mol. The molecule has 0 radical (unpaired) electrons. The van der Waals surface area contributed by atoms with Gasteiger partial charge in [0, 0.05) is 23.2 Å². The van der Waals surface area contributed by atoms with Gasteiger partial charge in [0.25, 0.3) is 0 Å².